The molecule has 1 N–H and O–H groups in total. The van der Waals surface area contributed by atoms with Crippen LogP contribution >= 0.6 is 0 Å². The summed E-state index contributed by atoms with van der Waals surface area (Å²) in [4.78, 5) is 11.2. The highest BCUT2D eigenvalue weighted by Gasteiger charge is 2.27. The fourth-order valence-electron chi connectivity index (χ4n) is 1.61. The van der Waals surface area contributed by atoms with Crippen LogP contribution in [0.4, 0.5) is 14.5 Å². The first kappa shape index (κ1) is 11.6. The van der Waals surface area contributed by atoms with Gasteiger partial charge in [-0.3, -0.25) is 4.79 Å². The third-order valence-corrected chi connectivity index (χ3v) is 2.47. The second kappa shape index (κ2) is 4.16. The molecule has 1 heterocycles. The molecule has 0 unspecified atom stereocenters. The summed E-state index contributed by atoms with van der Waals surface area (Å²) in [6, 6.07) is 4.51. The minimum atomic E-state index is -3.41. The summed E-state index contributed by atoms with van der Waals surface area (Å²) in [5.41, 5.74) is 1.44. The van der Waals surface area contributed by atoms with Crippen molar-refractivity contribution in [1.82, 2.24) is 0 Å². The van der Waals surface area contributed by atoms with Gasteiger partial charge in [0.25, 0.3) is 0 Å². The van der Waals surface area contributed by atoms with E-state index in [4.69, 9.17) is 0 Å². The van der Waals surface area contributed by atoms with Crippen molar-refractivity contribution in [1.29, 1.82) is 0 Å². The van der Waals surface area contributed by atoms with Gasteiger partial charge in [-0.2, -0.15) is 8.78 Å². The largest absolute Gasteiger partial charge is 0.429 e. The predicted molar refractivity (Wildman–Crippen MR) is 59.2 cm³/mol. The molecule has 0 spiro atoms. The van der Waals surface area contributed by atoms with E-state index in [9.17, 15) is 13.6 Å². The van der Waals surface area contributed by atoms with Gasteiger partial charge in [-0.25, -0.2) is 0 Å². The molecule has 1 aromatic rings. The van der Waals surface area contributed by atoms with Crippen molar-refractivity contribution < 1.29 is 18.3 Å². The van der Waals surface area contributed by atoms with Crippen LogP contribution in [-0.2, 0) is 11.2 Å². The maximum Gasteiger partial charge on any atom is 0.419 e. The first-order valence-electron chi connectivity index (χ1n) is 5.13. The van der Waals surface area contributed by atoms with Crippen molar-refractivity contribution >= 4 is 11.6 Å². The number of ether oxygens (including phenoxy) is 1. The summed E-state index contributed by atoms with van der Waals surface area (Å²) in [7, 11) is 0. The Balaban J connectivity index is 2.24. The highest BCUT2D eigenvalue weighted by molar-refractivity contribution is 5.94. The van der Waals surface area contributed by atoms with E-state index in [0.29, 0.717) is 24.6 Å². The van der Waals surface area contributed by atoms with Crippen molar-refractivity contribution in [2.75, 3.05) is 5.32 Å². The molecule has 3 nitrogen and oxygen atoms in total. The molecule has 0 saturated heterocycles. The van der Waals surface area contributed by atoms with E-state index in [1.807, 2.05) is 0 Å². The number of carbonyl (C=O) groups excluding carboxylic acids is 1. The zero-order chi connectivity index (χ0) is 12.5. The minimum absolute atomic E-state index is 0.00384. The third kappa shape index (κ3) is 2.61. The lowest BCUT2D eigenvalue weighted by Crippen LogP contribution is -2.22. The van der Waals surface area contributed by atoms with E-state index in [-0.39, 0.29) is 11.7 Å². The van der Waals surface area contributed by atoms with Crippen molar-refractivity contribution in [3.63, 3.8) is 0 Å². The Morgan fingerprint density at radius 1 is 1.41 bits per heavy atom. The quantitative estimate of drug-likeness (QED) is 0.823. The minimum Gasteiger partial charge on any atom is -0.429 e. The number of benzene rings is 1. The zero-order valence-electron chi connectivity index (χ0n) is 9.00. The second-order valence-corrected chi connectivity index (χ2v) is 3.74. The van der Waals surface area contributed by atoms with E-state index in [2.05, 4.69) is 16.6 Å². The molecule has 0 atom stereocenters. The van der Waals surface area contributed by atoms with Crippen LogP contribution in [0.2, 0.25) is 0 Å². The van der Waals surface area contributed by atoms with Crippen molar-refractivity contribution in [2.45, 2.75) is 19.0 Å². The Bertz CT molecular complexity index is 472. The van der Waals surface area contributed by atoms with Crippen molar-refractivity contribution in [3.05, 3.63) is 36.4 Å². The molecule has 1 aliphatic heterocycles. The maximum absolute atomic E-state index is 12.9. The highest BCUT2D eigenvalue weighted by atomic mass is 19.3. The first-order valence-corrected chi connectivity index (χ1v) is 5.13. The summed E-state index contributed by atoms with van der Waals surface area (Å²) >= 11 is 0. The first-order chi connectivity index (χ1) is 8.00. The maximum atomic E-state index is 12.9. The Morgan fingerprint density at radius 2 is 2.18 bits per heavy atom. The smallest absolute Gasteiger partial charge is 0.419 e. The second-order valence-electron chi connectivity index (χ2n) is 3.74. The van der Waals surface area contributed by atoms with Gasteiger partial charge in [0.1, 0.15) is 5.75 Å². The molecule has 0 fully saturated rings. The number of fused-ring (bicyclic) bond motifs is 1. The van der Waals surface area contributed by atoms with Gasteiger partial charge < -0.3 is 10.1 Å². The summed E-state index contributed by atoms with van der Waals surface area (Å²) < 4.78 is 30.3. The number of rotatable bonds is 3. The molecule has 0 saturated carbocycles. The van der Waals surface area contributed by atoms with E-state index in [0.717, 1.165) is 5.56 Å². The molecule has 0 aromatic heterocycles. The van der Waals surface area contributed by atoms with Gasteiger partial charge in [0.2, 0.25) is 5.91 Å². The number of anilines is 1. The van der Waals surface area contributed by atoms with Gasteiger partial charge >= 0.3 is 6.11 Å². The zero-order valence-corrected chi connectivity index (χ0v) is 9.00. The van der Waals surface area contributed by atoms with Gasteiger partial charge in [0.15, 0.2) is 0 Å². The van der Waals surface area contributed by atoms with Gasteiger partial charge in [0.05, 0.1) is 0 Å². The van der Waals surface area contributed by atoms with Gasteiger partial charge in [-0.05, 0) is 18.1 Å². The van der Waals surface area contributed by atoms with Crippen LogP contribution < -0.4 is 10.1 Å². The molecule has 1 aliphatic rings. The van der Waals surface area contributed by atoms with Gasteiger partial charge in [0, 0.05) is 24.3 Å². The van der Waals surface area contributed by atoms with Crippen LogP contribution in [0.25, 0.3) is 0 Å². The number of nitrogens with one attached hydrogen (secondary N) is 1. The third-order valence-electron chi connectivity index (χ3n) is 2.47. The Hall–Kier alpha value is -1.91. The molecular weight excluding hydrogens is 228 g/mol. The molecule has 5 heteroatoms. The number of carbonyl (C=O) groups is 1. The molecule has 90 valence electrons. The van der Waals surface area contributed by atoms with E-state index in [1.165, 1.54) is 12.1 Å². The van der Waals surface area contributed by atoms with Crippen LogP contribution in [0.15, 0.2) is 30.9 Å². The van der Waals surface area contributed by atoms with Crippen LogP contribution in [0.5, 0.6) is 5.75 Å². The van der Waals surface area contributed by atoms with E-state index in [1.54, 1.807) is 6.07 Å². The molecule has 1 amide bonds. The molecule has 0 bridgehead atoms. The monoisotopic (exact) mass is 239 g/mol. The number of amides is 1. The normalized spacial score (nSPS) is 14.8. The van der Waals surface area contributed by atoms with Gasteiger partial charge in [-0.15, -0.1) is 0 Å². The lowest BCUT2D eigenvalue weighted by molar-refractivity contribution is -0.131. The fraction of sp³-hybridized carbons (Fsp3) is 0.250. The lowest BCUT2D eigenvalue weighted by atomic mass is 10.0. The van der Waals surface area contributed by atoms with Crippen molar-refractivity contribution in [3.8, 4) is 5.75 Å². The van der Waals surface area contributed by atoms with E-state index >= 15 is 0 Å². The van der Waals surface area contributed by atoms with Crippen molar-refractivity contribution in [2.24, 2.45) is 0 Å². The Morgan fingerprint density at radius 3 is 2.88 bits per heavy atom. The van der Waals surface area contributed by atoms with Crippen LogP contribution in [-0.4, -0.2) is 12.0 Å². The SMILES string of the molecule is C=CC(F)(F)Oc1ccc2c(c1)NC(=O)CC2. The average molecular weight is 239 g/mol. The standard InChI is InChI=1S/C12H11F2NO2/c1-2-12(13,14)17-9-5-3-8-4-6-11(16)15-10(8)7-9/h2-3,5,7H,1,4,6H2,(H,15,16). The Kier molecular flexibility index (Phi) is 2.83. The summed E-state index contributed by atoms with van der Waals surface area (Å²) in [6.45, 7) is 2.98. The topological polar surface area (TPSA) is 38.3 Å². The molecule has 1 aromatic carbocycles. The Labute approximate surface area is 97.1 Å². The molecule has 2 rings (SSSR count). The number of hydrogen-bond donors (Lipinski definition) is 1. The average Bonchev–Trinajstić information content (AvgIpc) is 2.28. The number of alkyl halides is 2. The van der Waals surface area contributed by atoms with Crippen LogP contribution in [0, 0.1) is 0 Å². The highest BCUT2D eigenvalue weighted by Crippen LogP contribution is 2.30. The summed E-state index contributed by atoms with van der Waals surface area (Å²) in [6.07, 6.45) is -1.97. The van der Waals surface area contributed by atoms with Crippen LogP contribution in [0.1, 0.15) is 12.0 Å². The van der Waals surface area contributed by atoms with Crippen LogP contribution in [0.3, 0.4) is 0 Å². The summed E-state index contributed by atoms with van der Waals surface area (Å²) in [5.74, 6) is -0.124. The number of hydrogen-bond acceptors (Lipinski definition) is 2. The molecule has 0 aliphatic carbocycles. The molecule has 17 heavy (non-hydrogen) atoms. The molecular formula is C12H11F2NO2. The fourth-order valence-corrected chi connectivity index (χ4v) is 1.61. The predicted octanol–water partition coefficient (Wildman–Crippen LogP) is 2.73. The molecule has 0 radical (unpaired) electrons. The van der Waals surface area contributed by atoms with E-state index < -0.39 is 6.11 Å². The lowest BCUT2D eigenvalue weighted by Gasteiger charge is -2.19. The summed E-state index contributed by atoms with van der Waals surface area (Å²) in [5, 5.41) is 2.61. The van der Waals surface area contributed by atoms with Gasteiger partial charge in [-0.1, -0.05) is 12.6 Å². The number of aryl methyl sites for hydroxylation is 1. The number of halogens is 2.